The molecule has 0 unspecified atom stereocenters. The summed E-state index contributed by atoms with van der Waals surface area (Å²) in [6, 6.07) is 1.99. The van der Waals surface area contributed by atoms with Gasteiger partial charge in [0.05, 0.1) is 5.02 Å². The van der Waals surface area contributed by atoms with Crippen LogP contribution in [0.2, 0.25) is 5.02 Å². The summed E-state index contributed by atoms with van der Waals surface area (Å²) >= 11 is 7.79. The van der Waals surface area contributed by atoms with Crippen molar-refractivity contribution in [3.8, 4) is 0 Å². The van der Waals surface area contributed by atoms with E-state index >= 15 is 0 Å². The lowest BCUT2D eigenvalue weighted by atomic mass is 10.2. The van der Waals surface area contributed by atoms with Crippen LogP contribution in [0.4, 0.5) is 0 Å². The van der Waals surface area contributed by atoms with Crippen LogP contribution in [-0.4, -0.2) is 13.1 Å². The van der Waals surface area contributed by atoms with Gasteiger partial charge in [-0.2, -0.15) is 0 Å². The molecular weight excluding hydrogens is 226 g/mol. The molecule has 0 saturated heterocycles. The summed E-state index contributed by atoms with van der Waals surface area (Å²) in [4.78, 5) is 1.35. The van der Waals surface area contributed by atoms with Crippen molar-refractivity contribution in [2.45, 2.75) is 39.0 Å². The molecule has 15 heavy (non-hydrogen) atoms. The highest BCUT2D eigenvalue weighted by Crippen LogP contribution is 2.23. The van der Waals surface area contributed by atoms with E-state index in [4.69, 9.17) is 11.6 Å². The van der Waals surface area contributed by atoms with Crippen LogP contribution < -0.4 is 5.32 Å². The third-order valence-electron chi connectivity index (χ3n) is 2.38. The molecule has 86 valence electrons. The summed E-state index contributed by atoms with van der Waals surface area (Å²) in [5.41, 5.74) is 0. The van der Waals surface area contributed by atoms with E-state index < -0.39 is 0 Å². The van der Waals surface area contributed by atoms with Crippen LogP contribution in [0.1, 0.15) is 37.5 Å². The topological polar surface area (TPSA) is 12.0 Å². The highest BCUT2D eigenvalue weighted by atomic mass is 35.5. The van der Waals surface area contributed by atoms with Crippen LogP contribution in [0.15, 0.2) is 11.4 Å². The van der Waals surface area contributed by atoms with Crippen molar-refractivity contribution in [1.29, 1.82) is 0 Å². The van der Waals surface area contributed by atoms with Crippen molar-refractivity contribution in [2.75, 3.05) is 13.1 Å². The molecule has 0 aliphatic rings. The van der Waals surface area contributed by atoms with E-state index in [1.54, 1.807) is 11.3 Å². The smallest absolute Gasteiger partial charge is 0.0544 e. The molecular formula is C12H20ClNS. The zero-order valence-corrected chi connectivity index (χ0v) is 11.0. The quantitative estimate of drug-likeness (QED) is 0.680. The molecule has 0 spiro atoms. The standard InChI is InChI=1S/C12H20ClNS/c1-2-8-14-9-5-3-4-6-12-11(13)7-10-15-12/h7,10,14H,2-6,8-9H2,1H3. The van der Waals surface area contributed by atoms with Crippen LogP contribution in [-0.2, 0) is 6.42 Å². The first-order chi connectivity index (χ1) is 7.34. The number of unbranched alkanes of at least 4 members (excludes halogenated alkanes) is 2. The van der Waals surface area contributed by atoms with Crippen LogP contribution in [0.5, 0.6) is 0 Å². The molecule has 1 rings (SSSR count). The van der Waals surface area contributed by atoms with Crippen molar-refractivity contribution in [1.82, 2.24) is 5.32 Å². The summed E-state index contributed by atoms with van der Waals surface area (Å²) in [6.07, 6.45) is 6.21. The fraction of sp³-hybridized carbons (Fsp3) is 0.667. The zero-order chi connectivity index (χ0) is 10.9. The fourth-order valence-electron chi connectivity index (χ4n) is 1.52. The highest BCUT2D eigenvalue weighted by molar-refractivity contribution is 7.10. The first-order valence-corrected chi connectivity index (χ1v) is 7.03. The first kappa shape index (κ1) is 13.0. The number of thiophene rings is 1. The predicted octanol–water partition coefficient (Wildman–Crippen LogP) is 4.11. The Hall–Kier alpha value is -0.0500. The van der Waals surface area contributed by atoms with Gasteiger partial charge >= 0.3 is 0 Å². The Morgan fingerprint density at radius 3 is 2.80 bits per heavy atom. The third-order valence-corrected chi connectivity index (χ3v) is 3.82. The lowest BCUT2D eigenvalue weighted by Crippen LogP contribution is -2.15. The van der Waals surface area contributed by atoms with Gasteiger partial charge in [-0.3, -0.25) is 0 Å². The van der Waals surface area contributed by atoms with Crippen LogP contribution in [0, 0.1) is 0 Å². The summed E-state index contributed by atoms with van der Waals surface area (Å²) in [6.45, 7) is 4.51. The summed E-state index contributed by atoms with van der Waals surface area (Å²) in [5, 5.41) is 6.43. The van der Waals surface area contributed by atoms with E-state index in [1.807, 2.05) is 6.07 Å². The van der Waals surface area contributed by atoms with Gasteiger partial charge < -0.3 is 5.32 Å². The summed E-state index contributed by atoms with van der Waals surface area (Å²) in [7, 11) is 0. The van der Waals surface area contributed by atoms with Gasteiger partial charge in [-0.15, -0.1) is 11.3 Å². The highest BCUT2D eigenvalue weighted by Gasteiger charge is 2.00. The number of hydrogen-bond donors (Lipinski definition) is 1. The van der Waals surface area contributed by atoms with Gasteiger partial charge in [0.25, 0.3) is 0 Å². The lowest BCUT2D eigenvalue weighted by molar-refractivity contribution is 0.600. The SMILES string of the molecule is CCCNCCCCCc1sccc1Cl. The molecule has 0 aliphatic carbocycles. The second-order valence-electron chi connectivity index (χ2n) is 3.75. The Bertz CT molecular complexity index is 260. The Balaban J connectivity index is 1.96. The maximum absolute atomic E-state index is 6.02. The van der Waals surface area contributed by atoms with E-state index in [0.29, 0.717) is 0 Å². The normalized spacial score (nSPS) is 10.8. The molecule has 1 aromatic heterocycles. The molecule has 3 heteroatoms. The molecule has 1 aromatic rings. The van der Waals surface area contributed by atoms with Gasteiger partial charge in [-0.25, -0.2) is 0 Å². The average molecular weight is 246 g/mol. The molecule has 0 bridgehead atoms. The van der Waals surface area contributed by atoms with Gasteiger partial charge in [-0.1, -0.05) is 24.9 Å². The van der Waals surface area contributed by atoms with E-state index in [1.165, 1.54) is 30.6 Å². The molecule has 1 N–H and O–H groups in total. The van der Waals surface area contributed by atoms with Crippen molar-refractivity contribution in [2.24, 2.45) is 0 Å². The van der Waals surface area contributed by atoms with Gasteiger partial charge in [0.2, 0.25) is 0 Å². The minimum absolute atomic E-state index is 0.948. The number of aryl methyl sites for hydroxylation is 1. The van der Waals surface area contributed by atoms with Crippen LogP contribution in [0.25, 0.3) is 0 Å². The molecule has 0 aliphatic heterocycles. The molecule has 0 aromatic carbocycles. The van der Waals surface area contributed by atoms with Gasteiger partial charge in [0, 0.05) is 4.88 Å². The Labute approximate surface area is 102 Å². The number of rotatable bonds is 8. The Morgan fingerprint density at radius 1 is 1.27 bits per heavy atom. The zero-order valence-electron chi connectivity index (χ0n) is 9.39. The molecule has 0 radical (unpaired) electrons. The largest absolute Gasteiger partial charge is 0.317 e. The number of halogens is 1. The van der Waals surface area contributed by atoms with Gasteiger partial charge in [0.1, 0.15) is 0 Å². The van der Waals surface area contributed by atoms with Crippen molar-refractivity contribution < 1.29 is 0 Å². The van der Waals surface area contributed by atoms with Gasteiger partial charge in [0.15, 0.2) is 0 Å². The maximum atomic E-state index is 6.02. The molecule has 0 atom stereocenters. The van der Waals surface area contributed by atoms with E-state index in [0.717, 1.165) is 24.5 Å². The molecule has 1 heterocycles. The first-order valence-electron chi connectivity index (χ1n) is 5.77. The average Bonchev–Trinajstić information content (AvgIpc) is 2.63. The molecule has 0 saturated carbocycles. The number of hydrogen-bond acceptors (Lipinski definition) is 2. The second-order valence-corrected chi connectivity index (χ2v) is 5.16. The van der Waals surface area contributed by atoms with Crippen molar-refractivity contribution >= 4 is 22.9 Å². The van der Waals surface area contributed by atoms with E-state index in [2.05, 4.69) is 17.6 Å². The summed E-state index contributed by atoms with van der Waals surface area (Å²) < 4.78 is 0. The minimum Gasteiger partial charge on any atom is -0.317 e. The molecule has 0 amide bonds. The van der Waals surface area contributed by atoms with Crippen LogP contribution in [0.3, 0.4) is 0 Å². The summed E-state index contributed by atoms with van der Waals surface area (Å²) in [5.74, 6) is 0. The van der Waals surface area contributed by atoms with E-state index in [9.17, 15) is 0 Å². The Morgan fingerprint density at radius 2 is 2.13 bits per heavy atom. The third kappa shape index (κ3) is 5.55. The monoisotopic (exact) mass is 245 g/mol. The molecule has 0 fully saturated rings. The van der Waals surface area contributed by atoms with Crippen LogP contribution >= 0.6 is 22.9 Å². The van der Waals surface area contributed by atoms with Gasteiger partial charge in [-0.05, 0) is 50.2 Å². The maximum Gasteiger partial charge on any atom is 0.0544 e. The second kappa shape index (κ2) is 8.14. The predicted molar refractivity (Wildman–Crippen MR) is 70.0 cm³/mol. The minimum atomic E-state index is 0.948. The van der Waals surface area contributed by atoms with Crippen molar-refractivity contribution in [3.05, 3.63) is 21.3 Å². The number of nitrogens with one attached hydrogen (secondary N) is 1. The fourth-order valence-corrected chi connectivity index (χ4v) is 2.69. The Kier molecular flexibility index (Phi) is 7.07. The molecule has 1 nitrogen and oxygen atoms in total. The lowest BCUT2D eigenvalue weighted by Gasteiger charge is -2.02. The van der Waals surface area contributed by atoms with Crippen molar-refractivity contribution in [3.63, 3.8) is 0 Å². The van der Waals surface area contributed by atoms with E-state index in [-0.39, 0.29) is 0 Å².